The molecular weight excluding hydrogens is 515 g/mol. The molecule has 5 rings (SSSR count). The number of nitrogens with one attached hydrogen (secondary N) is 1. The molecule has 2 fully saturated rings. The summed E-state index contributed by atoms with van der Waals surface area (Å²) in [5.41, 5.74) is 4.26. The van der Waals surface area contributed by atoms with E-state index in [4.69, 9.17) is 14.9 Å². The van der Waals surface area contributed by atoms with Crippen LogP contribution >= 0.6 is 0 Å². The van der Waals surface area contributed by atoms with Crippen LogP contribution in [0.2, 0.25) is 0 Å². The molecule has 0 unspecified atom stereocenters. The average molecular weight is 546 g/mol. The Hall–Kier alpha value is -3.67. The van der Waals surface area contributed by atoms with Gasteiger partial charge in [-0.05, 0) is 56.9 Å². The van der Waals surface area contributed by atoms with E-state index in [1.807, 2.05) is 0 Å². The third kappa shape index (κ3) is 4.93. The Labute approximate surface area is 222 Å². The number of benzene rings is 1. The van der Waals surface area contributed by atoms with E-state index in [-0.39, 0.29) is 34.5 Å². The number of oxazole rings is 1. The minimum absolute atomic E-state index is 0.00648. The highest BCUT2D eigenvalue weighted by Gasteiger charge is 2.46. The van der Waals surface area contributed by atoms with E-state index in [2.05, 4.69) is 15.3 Å². The lowest BCUT2D eigenvalue weighted by Gasteiger charge is -2.33. The van der Waals surface area contributed by atoms with Crippen molar-refractivity contribution in [1.82, 2.24) is 20.2 Å². The number of hydrogen-bond donors (Lipinski definition) is 2. The highest BCUT2D eigenvalue weighted by atomic mass is 19.4. The zero-order valence-electron chi connectivity index (χ0n) is 21.7. The van der Waals surface area contributed by atoms with Crippen LogP contribution in [0.5, 0.6) is 5.75 Å². The molecular formula is C27H30F3N5O4. The Morgan fingerprint density at radius 1 is 1.10 bits per heavy atom. The Balaban J connectivity index is 1.54. The number of halogens is 3. The molecule has 2 aliphatic rings. The molecule has 1 atom stereocenters. The zero-order valence-corrected chi connectivity index (χ0v) is 21.7. The quantitative estimate of drug-likeness (QED) is 0.464. The molecule has 1 aromatic carbocycles. The van der Waals surface area contributed by atoms with Crippen molar-refractivity contribution in [2.75, 3.05) is 20.2 Å². The molecule has 1 saturated heterocycles. The van der Waals surface area contributed by atoms with Crippen LogP contribution in [0.4, 0.5) is 13.2 Å². The molecule has 0 bridgehead atoms. The topological polar surface area (TPSA) is 124 Å². The fraction of sp³-hybridized carbons (Fsp3) is 0.481. The van der Waals surface area contributed by atoms with Crippen LogP contribution in [0.1, 0.15) is 73.4 Å². The van der Waals surface area contributed by atoms with Gasteiger partial charge in [0.25, 0.3) is 5.91 Å². The molecule has 1 aliphatic heterocycles. The van der Waals surface area contributed by atoms with E-state index < -0.39 is 29.4 Å². The molecule has 0 spiro atoms. The molecule has 208 valence electrons. The lowest BCUT2D eigenvalue weighted by Crippen LogP contribution is -2.57. The van der Waals surface area contributed by atoms with Crippen molar-refractivity contribution >= 4 is 22.7 Å². The predicted octanol–water partition coefficient (Wildman–Crippen LogP) is 4.60. The minimum atomic E-state index is -4.64. The van der Waals surface area contributed by atoms with Crippen molar-refractivity contribution in [3.05, 3.63) is 41.4 Å². The monoisotopic (exact) mass is 545 g/mol. The number of nitrogens with two attached hydrogens (primary N) is 1. The number of alkyl halides is 3. The van der Waals surface area contributed by atoms with Crippen LogP contribution in [0.15, 0.2) is 28.7 Å². The smallest absolute Gasteiger partial charge is 0.433 e. The Morgan fingerprint density at radius 3 is 2.41 bits per heavy atom. The second-order valence-electron chi connectivity index (χ2n) is 10.2. The summed E-state index contributed by atoms with van der Waals surface area (Å²) >= 11 is 0. The van der Waals surface area contributed by atoms with Gasteiger partial charge in [0.1, 0.15) is 22.5 Å². The molecule has 2 amide bonds. The van der Waals surface area contributed by atoms with Crippen LogP contribution in [-0.2, 0) is 11.0 Å². The first-order valence-electron chi connectivity index (χ1n) is 13.0. The molecule has 1 aliphatic carbocycles. The van der Waals surface area contributed by atoms with E-state index >= 15 is 0 Å². The number of carbonyl (C=O) groups excluding carboxylic acids is 2. The number of aromatic nitrogens is 2. The van der Waals surface area contributed by atoms with Gasteiger partial charge in [-0.3, -0.25) is 9.59 Å². The number of nitrogens with zero attached hydrogens (tertiary/aromatic N) is 3. The number of pyridine rings is 1. The van der Waals surface area contributed by atoms with Crippen molar-refractivity contribution < 1.29 is 31.9 Å². The number of ether oxygens (including phenoxy) is 1. The molecule has 3 N–H and O–H groups in total. The lowest BCUT2D eigenvalue weighted by atomic mass is 9.95. The van der Waals surface area contributed by atoms with Gasteiger partial charge in [-0.25, -0.2) is 9.97 Å². The highest BCUT2D eigenvalue weighted by molar-refractivity contribution is 6.00. The standard InChI is InChI=1S/C27H30F3N5O4/c1-15(31)22-21(23(36)34-26(11-3-4-12-26)25(37)35-13-5-6-14-35)33-24(39-22)17-7-9-18(38-2)20-16(17)8-10-19(32-20)27(28,29)30/h7-10,15H,3-6,11-14,31H2,1-2H3,(H,34,36)/t15-/m0/s1. The molecule has 12 heteroatoms. The van der Waals surface area contributed by atoms with Crippen molar-refractivity contribution in [3.8, 4) is 17.2 Å². The number of likely N-dealkylation sites (tertiary alicyclic amines) is 1. The van der Waals surface area contributed by atoms with Gasteiger partial charge in [0.15, 0.2) is 11.5 Å². The Bertz CT molecular complexity index is 1410. The predicted molar refractivity (Wildman–Crippen MR) is 136 cm³/mol. The summed E-state index contributed by atoms with van der Waals surface area (Å²) in [5, 5.41) is 3.25. The summed E-state index contributed by atoms with van der Waals surface area (Å²) in [6, 6.07) is 4.44. The lowest BCUT2D eigenvalue weighted by molar-refractivity contribution is -0.141. The van der Waals surface area contributed by atoms with Gasteiger partial charge in [0.2, 0.25) is 11.8 Å². The maximum Gasteiger partial charge on any atom is 0.433 e. The molecule has 3 aromatic rings. The van der Waals surface area contributed by atoms with Gasteiger partial charge >= 0.3 is 6.18 Å². The van der Waals surface area contributed by atoms with Crippen molar-refractivity contribution in [3.63, 3.8) is 0 Å². The summed E-state index contributed by atoms with van der Waals surface area (Å²) in [6.07, 6.45) is -0.0814. The SMILES string of the molecule is COc1ccc(-c2nc(C(=O)NC3(C(=O)N4CCCC4)CCCC3)c([C@H](C)N)o2)c2ccc(C(F)(F)F)nc12. The van der Waals surface area contributed by atoms with Crippen LogP contribution in [0, 0.1) is 0 Å². The van der Waals surface area contributed by atoms with E-state index in [0.717, 1.165) is 31.7 Å². The van der Waals surface area contributed by atoms with Crippen LogP contribution in [0.25, 0.3) is 22.4 Å². The fourth-order valence-electron chi connectivity index (χ4n) is 5.49. The van der Waals surface area contributed by atoms with E-state index in [0.29, 0.717) is 36.9 Å². The second kappa shape index (κ2) is 10.1. The van der Waals surface area contributed by atoms with Gasteiger partial charge in [0, 0.05) is 24.0 Å². The third-order valence-electron chi connectivity index (χ3n) is 7.46. The molecule has 2 aromatic heterocycles. The Kier molecular flexibility index (Phi) is 7.00. The summed E-state index contributed by atoms with van der Waals surface area (Å²) in [5.74, 6) is -0.423. The van der Waals surface area contributed by atoms with Crippen molar-refractivity contribution in [2.24, 2.45) is 5.73 Å². The average Bonchev–Trinajstić information content (AvgIpc) is 3.68. The molecule has 9 nitrogen and oxygen atoms in total. The third-order valence-corrected chi connectivity index (χ3v) is 7.46. The van der Waals surface area contributed by atoms with Crippen LogP contribution in [0.3, 0.4) is 0 Å². The zero-order chi connectivity index (χ0) is 27.9. The van der Waals surface area contributed by atoms with Crippen molar-refractivity contribution in [2.45, 2.75) is 63.2 Å². The first-order chi connectivity index (χ1) is 18.5. The molecule has 1 saturated carbocycles. The van der Waals surface area contributed by atoms with E-state index in [1.54, 1.807) is 17.9 Å². The molecule has 3 heterocycles. The Morgan fingerprint density at radius 2 is 1.79 bits per heavy atom. The van der Waals surface area contributed by atoms with Gasteiger partial charge < -0.3 is 25.1 Å². The number of methoxy groups -OCH3 is 1. The van der Waals surface area contributed by atoms with E-state index in [1.165, 1.54) is 19.2 Å². The summed E-state index contributed by atoms with van der Waals surface area (Å²) in [6.45, 7) is 2.97. The van der Waals surface area contributed by atoms with Crippen molar-refractivity contribution in [1.29, 1.82) is 0 Å². The van der Waals surface area contributed by atoms with E-state index in [9.17, 15) is 22.8 Å². The second-order valence-corrected chi connectivity index (χ2v) is 10.2. The number of hydrogen-bond acceptors (Lipinski definition) is 7. The summed E-state index contributed by atoms with van der Waals surface area (Å²) in [7, 11) is 1.33. The maximum atomic E-state index is 13.6. The highest BCUT2D eigenvalue weighted by Crippen LogP contribution is 2.38. The molecule has 39 heavy (non-hydrogen) atoms. The maximum absolute atomic E-state index is 13.6. The summed E-state index contributed by atoms with van der Waals surface area (Å²) < 4.78 is 51.2. The van der Waals surface area contributed by atoms with Gasteiger partial charge in [-0.2, -0.15) is 13.2 Å². The van der Waals surface area contributed by atoms with Gasteiger partial charge in [-0.15, -0.1) is 0 Å². The minimum Gasteiger partial charge on any atom is -0.494 e. The first-order valence-corrected chi connectivity index (χ1v) is 13.0. The summed E-state index contributed by atoms with van der Waals surface area (Å²) in [4.78, 5) is 37.0. The first kappa shape index (κ1) is 26.9. The van der Waals surface area contributed by atoms with Gasteiger partial charge in [-0.1, -0.05) is 12.8 Å². The number of amides is 2. The number of fused-ring (bicyclic) bond motifs is 1. The normalized spacial score (nSPS) is 17.9. The number of rotatable bonds is 6. The van der Waals surface area contributed by atoms with Crippen LogP contribution < -0.4 is 15.8 Å². The fourth-order valence-corrected chi connectivity index (χ4v) is 5.49. The largest absolute Gasteiger partial charge is 0.494 e. The molecule has 0 radical (unpaired) electrons. The van der Waals surface area contributed by atoms with Crippen LogP contribution in [-0.4, -0.2) is 52.4 Å². The van der Waals surface area contributed by atoms with Gasteiger partial charge in [0.05, 0.1) is 13.2 Å². The number of carbonyl (C=O) groups is 2.